The van der Waals surface area contributed by atoms with E-state index in [4.69, 9.17) is 5.11 Å². The standard InChI is InChI=1S/C14H15BrN2O3S/c1-9-3-4-11(8-18)7-13(9)21(19,20)17-14-6-5-12(15)10(2)16-14/h3-7,18H,8H2,1-2H3,(H,16,17). The van der Waals surface area contributed by atoms with Gasteiger partial charge in [-0.15, -0.1) is 0 Å². The van der Waals surface area contributed by atoms with Crippen molar-refractivity contribution >= 4 is 31.8 Å². The van der Waals surface area contributed by atoms with Crippen molar-refractivity contribution in [1.82, 2.24) is 4.98 Å². The smallest absolute Gasteiger partial charge is 0.263 e. The Morgan fingerprint density at radius 2 is 1.95 bits per heavy atom. The van der Waals surface area contributed by atoms with E-state index in [0.29, 0.717) is 16.8 Å². The summed E-state index contributed by atoms with van der Waals surface area (Å²) in [5.41, 5.74) is 1.84. The maximum Gasteiger partial charge on any atom is 0.263 e. The summed E-state index contributed by atoms with van der Waals surface area (Å²) in [6.07, 6.45) is 0. The minimum absolute atomic E-state index is 0.136. The fourth-order valence-electron chi connectivity index (χ4n) is 1.83. The van der Waals surface area contributed by atoms with E-state index in [0.717, 1.165) is 4.47 Å². The van der Waals surface area contributed by atoms with Gasteiger partial charge in [-0.05, 0) is 59.1 Å². The first-order valence-electron chi connectivity index (χ1n) is 6.20. The number of aliphatic hydroxyl groups excluding tert-OH is 1. The molecule has 112 valence electrons. The van der Waals surface area contributed by atoms with Gasteiger partial charge in [-0.2, -0.15) is 0 Å². The normalized spacial score (nSPS) is 11.4. The Balaban J connectivity index is 2.40. The Kier molecular flexibility index (Phi) is 4.65. The number of sulfonamides is 1. The molecule has 2 rings (SSSR count). The SMILES string of the molecule is Cc1ccc(CO)cc1S(=O)(=O)Nc1ccc(Br)c(C)n1. The topological polar surface area (TPSA) is 79.3 Å². The van der Waals surface area contributed by atoms with Crippen molar-refractivity contribution in [1.29, 1.82) is 0 Å². The first-order valence-corrected chi connectivity index (χ1v) is 8.47. The molecule has 1 aromatic heterocycles. The quantitative estimate of drug-likeness (QED) is 0.866. The van der Waals surface area contributed by atoms with E-state index < -0.39 is 10.0 Å². The van der Waals surface area contributed by atoms with Crippen molar-refractivity contribution in [3.8, 4) is 0 Å². The second-order valence-electron chi connectivity index (χ2n) is 4.63. The van der Waals surface area contributed by atoms with Crippen LogP contribution in [0.1, 0.15) is 16.8 Å². The highest BCUT2D eigenvalue weighted by Gasteiger charge is 2.18. The van der Waals surface area contributed by atoms with E-state index in [1.807, 2.05) is 0 Å². The van der Waals surface area contributed by atoms with Gasteiger partial charge in [-0.1, -0.05) is 12.1 Å². The van der Waals surface area contributed by atoms with Gasteiger partial charge in [0.1, 0.15) is 5.82 Å². The number of halogens is 1. The zero-order valence-corrected chi connectivity index (χ0v) is 14.0. The Morgan fingerprint density at radius 1 is 1.24 bits per heavy atom. The van der Waals surface area contributed by atoms with Gasteiger partial charge in [0.25, 0.3) is 10.0 Å². The van der Waals surface area contributed by atoms with Gasteiger partial charge >= 0.3 is 0 Å². The summed E-state index contributed by atoms with van der Waals surface area (Å²) >= 11 is 3.32. The Labute approximate surface area is 132 Å². The van der Waals surface area contributed by atoms with Gasteiger partial charge in [-0.3, -0.25) is 4.72 Å². The van der Waals surface area contributed by atoms with Crippen LogP contribution in [0.15, 0.2) is 39.7 Å². The molecule has 0 fully saturated rings. The van der Waals surface area contributed by atoms with E-state index in [-0.39, 0.29) is 17.3 Å². The molecule has 1 heterocycles. The molecule has 0 saturated carbocycles. The van der Waals surface area contributed by atoms with E-state index in [1.54, 1.807) is 38.1 Å². The van der Waals surface area contributed by atoms with Crippen LogP contribution >= 0.6 is 15.9 Å². The fourth-order valence-corrected chi connectivity index (χ4v) is 3.34. The first kappa shape index (κ1) is 15.9. The van der Waals surface area contributed by atoms with Crippen molar-refractivity contribution < 1.29 is 13.5 Å². The lowest BCUT2D eigenvalue weighted by atomic mass is 10.2. The molecule has 2 N–H and O–H groups in total. The number of hydrogen-bond acceptors (Lipinski definition) is 4. The Bertz CT molecular complexity index is 776. The first-order chi connectivity index (χ1) is 9.83. The number of aliphatic hydroxyl groups is 1. The molecule has 0 spiro atoms. The number of anilines is 1. The summed E-state index contributed by atoms with van der Waals surface area (Å²) in [6, 6.07) is 8.14. The molecule has 0 aliphatic carbocycles. The molecule has 0 saturated heterocycles. The van der Waals surface area contributed by atoms with Gasteiger partial charge in [-0.25, -0.2) is 13.4 Å². The molecule has 0 atom stereocenters. The van der Waals surface area contributed by atoms with Crippen molar-refractivity contribution in [2.24, 2.45) is 0 Å². The summed E-state index contributed by atoms with van der Waals surface area (Å²) in [6.45, 7) is 3.27. The third-order valence-electron chi connectivity index (χ3n) is 2.98. The summed E-state index contributed by atoms with van der Waals surface area (Å²) < 4.78 is 28.1. The zero-order valence-electron chi connectivity index (χ0n) is 11.6. The van der Waals surface area contributed by atoms with Crippen LogP contribution in [0.2, 0.25) is 0 Å². The molecule has 2 aromatic rings. The molecule has 0 amide bonds. The van der Waals surface area contributed by atoms with Crippen LogP contribution in [0.5, 0.6) is 0 Å². The average Bonchev–Trinajstić information content (AvgIpc) is 2.43. The van der Waals surface area contributed by atoms with Gasteiger partial charge in [0.15, 0.2) is 0 Å². The van der Waals surface area contributed by atoms with Gasteiger partial charge in [0.2, 0.25) is 0 Å². The van der Waals surface area contributed by atoms with E-state index in [2.05, 4.69) is 25.6 Å². The second-order valence-corrected chi connectivity index (χ2v) is 7.13. The van der Waals surface area contributed by atoms with Crippen LogP contribution in [0, 0.1) is 13.8 Å². The monoisotopic (exact) mass is 370 g/mol. The van der Waals surface area contributed by atoms with Crippen molar-refractivity contribution in [2.75, 3.05) is 4.72 Å². The lowest BCUT2D eigenvalue weighted by Gasteiger charge is -2.11. The van der Waals surface area contributed by atoms with E-state index in [1.165, 1.54) is 6.07 Å². The minimum atomic E-state index is -3.75. The molecule has 0 bridgehead atoms. The van der Waals surface area contributed by atoms with Gasteiger partial charge < -0.3 is 5.11 Å². The third-order valence-corrected chi connectivity index (χ3v) is 5.32. The number of aromatic nitrogens is 1. The highest BCUT2D eigenvalue weighted by Crippen LogP contribution is 2.22. The highest BCUT2D eigenvalue weighted by molar-refractivity contribution is 9.10. The lowest BCUT2D eigenvalue weighted by Crippen LogP contribution is -2.15. The van der Waals surface area contributed by atoms with Crippen molar-refractivity contribution in [3.63, 3.8) is 0 Å². The number of pyridine rings is 1. The maximum absolute atomic E-state index is 12.4. The molecule has 0 aliphatic heterocycles. The molecular weight excluding hydrogens is 356 g/mol. The highest BCUT2D eigenvalue weighted by atomic mass is 79.9. The number of benzene rings is 1. The van der Waals surface area contributed by atoms with E-state index in [9.17, 15) is 8.42 Å². The predicted octanol–water partition coefficient (Wildman–Crippen LogP) is 2.75. The van der Waals surface area contributed by atoms with Gasteiger partial charge in [0, 0.05) is 4.47 Å². The van der Waals surface area contributed by atoms with Crippen LogP contribution in [0.25, 0.3) is 0 Å². The summed E-state index contributed by atoms with van der Waals surface area (Å²) in [5, 5.41) is 9.14. The Hall–Kier alpha value is -1.44. The van der Waals surface area contributed by atoms with Crippen LogP contribution in [0.3, 0.4) is 0 Å². The molecule has 5 nitrogen and oxygen atoms in total. The molecule has 1 aromatic carbocycles. The Morgan fingerprint density at radius 3 is 2.57 bits per heavy atom. The van der Waals surface area contributed by atoms with Gasteiger partial charge in [0.05, 0.1) is 17.2 Å². The zero-order chi connectivity index (χ0) is 15.6. The number of nitrogens with one attached hydrogen (secondary N) is 1. The lowest BCUT2D eigenvalue weighted by molar-refractivity contribution is 0.281. The average molecular weight is 371 g/mol. The molecular formula is C14H15BrN2O3S. The maximum atomic E-state index is 12.4. The van der Waals surface area contributed by atoms with Crippen molar-refractivity contribution in [3.05, 3.63) is 51.6 Å². The third kappa shape index (κ3) is 3.61. The van der Waals surface area contributed by atoms with Crippen molar-refractivity contribution in [2.45, 2.75) is 25.3 Å². The number of aryl methyl sites for hydroxylation is 2. The molecule has 0 radical (unpaired) electrons. The summed E-state index contributed by atoms with van der Waals surface area (Å²) in [5.74, 6) is 0.254. The largest absolute Gasteiger partial charge is 0.392 e. The molecule has 7 heteroatoms. The van der Waals surface area contributed by atoms with Crippen LogP contribution < -0.4 is 4.72 Å². The fraction of sp³-hybridized carbons (Fsp3) is 0.214. The van der Waals surface area contributed by atoms with Crippen LogP contribution in [-0.4, -0.2) is 18.5 Å². The molecule has 0 aliphatic rings. The van der Waals surface area contributed by atoms with Crippen LogP contribution in [-0.2, 0) is 16.6 Å². The summed E-state index contributed by atoms with van der Waals surface area (Å²) in [4.78, 5) is 4.30. The minimum Gasteiger partial charge on any atom is -0.392 e. The number of nitrogens with zero attached hydrogens (tertiary/aromatic N) is 1. The summed E-state index contributed by atoms with van der Waals surface area (Å²) in [7, 11) is -3.75. The predicted molar refractivity (Wildman–Crippen MR) is 84.6 cm³/mol. The molecule has 0 unspecified atom stereocenters. The van der Waals surface area contributed by atoms with Crippen LogP contribution in [0.4, 0.5) is 5.82 Å². The van der Waals surface area contributed by atoms with E-state index >= 15 is 0 Å². The number of hydrogen-bond donors (Lipinski definition) is 2. The second kappa shape index (κ2) is 6.13. The molecule has 21 heavy (non-hydrogen) atoms. The number of rotatable bonds is 4.